The van der Waals surface area contributed by atoms with Crippen molar-refractivity contribution in [3.05, 3.63) is 65.7 Å². The van der Waals surface area contributed by atoms with Gasteiger partial charge in [0.1, 0.15) is 12.8 Å². The van der Waals surface area contributed by atoms with Crippen LogP contribution in [0.3, 0.4) is 0 Å². The smallest absolute Gasteiger partial charge is 0.346 e. The number of ether oxygens (including phenoxy) is 3. The summed E-state index contributed by atoms with van der Waals surface area (Å²) in [5, 5.41) is -0.484. The summed E-state index contributed by atoms with van der Waals surface area (Å²) >= 11 is 6.86. The summed E-state index contributed by atoms with van der Waals surface area (Å²) in [6.07, 6.45) is -1.77. The fourth-order valence-electron chi connectivity index (χ4n) is 6.09. The van der Waals surface area contributed by atoms with Gasteiger partial charge in [0.2, 0.25) is 5.78 Å². The molecule has 9 nitrogen and oxygen atoms in total. The number of hydrogen-bond acceptors (Lipinski definition) is 8. The Labute approximate surface area is 297 Å². The minimum absolute atomic E-state index is 0.0325. The number of rotatable bonds is 12. The van der Waals surface area contributed by atoms with Crippen LogP contribution >= 0.6 is 11.6 Å². The maximum Gasteiger partial charge on any atom is 0.346 e. The van der Waals surface area contributed by atoms with Gasteiger partial charge in [-0.2, -0.15) is 4.98 Å². The first-order valence-corrected chi connectivity index (χ1v) is 22.8. The average molecular weight is 724 g/mol. The Morgan fingerprint density at radius 2 is 1.55 bits per heavy atom. The van der Waals surface area contributed by atoms with Crippen LogP contribution in [0.1, 0.15) is 41.5 Å². The molecule has 0 spiro atoms. The van der Waals surface area contributed by atoms with Crippen molar-refractivity contribution in [2.45, 2.75) is 96.2 Å². The van der Waals surface area contributed by atoms with Gasteiger partial charge in [0.15, 0.2) is 11.8 Å². The van der Waals surface area contributed by atoms with E-state index in [1.165, 1.54) is 0 Å². The number of benzene rings is 2. The number of Topliss-reactive ketones (excluding diaryl/α,β-unsaturated/α-hetero) is 1. The summed E-state index contributed by atoms with van der Waals surface area (Å²) in [5.41, 5.74) is 4.72. The molecule has 2 atom stereocenters. The fourth-order valence-corrected chi connectivity index (χ4v) is 10.6. The second-order valence-electron chi connectivity index (χ2n) is 16.1. The van der Waals surface area contributed by atoms with E-state index < -0.39 is 38.9 Å². The van der Waals surface area contributed by atoms with E-state index in [1.54, 1.807) is 4.57 Å². The summed E-state index contributed by atoms with van der Waals surface area (Å²) in [6.45, 7) is 19.4. The molecular weight excluding hydrogens is 674 g/mol. The van der Waals surface area contributed by atoms with Crippen molar-refractivity contribution in [1.29, 1.82) is 0 Å². The van der Waals surface area contributed by atoms with Gasteiger partial charge in [-0.1, -0.05) is 127 Å². The van der Waals surface area contributed by atoms with E-state index >= 15 is 0 Å². The molecule has 1 fully saturated rings. The molecule has 1 aliphatic heterocycles. The van der Waals surface area contributed by atoms with Gasteiger partial charge in [-0.25, -0.2) is 4.98 Å². The van der Waals surface area contributed by atoms with Crippen LogP contribution in [-0.4, -0.2) is 73.8 Å². The lowest BCUT2D eigenvalue weighted by molar-refractivity contribution is -0.127. The van der Waals surface area contributed by atoms with Crippen LogP contribution in [0.5, 0.6) is 6.01 Å². The van der Waals surface area contributed by atoms with E-state index in [2.05, 4.69) is 31.8 Å². The Morgan fingerprint density at radius 1 is 0.939 bits per heavy atom. The number of imidazole rings is 1. The van der Waals surface area contributed by atoms with Crippen LogP contribution in [0.15, 0.2) is 60.7 Å². The van der Waals surface area contributed by atoms with E-state index in [4.69, 9.17) is 40.2 Å². The lowest BCUT2D eigenvalue weighted by Crippen LogP contribution is -2.56. The van der Waals surface area contributed by atoms with E-state index in [9.17, 15) is 9.59 Å². The monoisotopic (exact) mass is 723 g/mol. The SMILES string of the molecule is CC(C)(C)[Si](O)(OC[C@H]1OC[C@@H](Oc2nc3nc(-c4ccc(-c5ccccc5)cc4)c(Cl)cc3n2COCC[Si](C)(C)C)C1=O)C(C)(C)C. The molecule has 0 saturated carbocycles. The van der Waals surface area contributed by atoms with Crippen LogP contribution in [0.4, 0.5) is 0 Å². The standard InChI is InChI=1S/C37H50ClN3O6Si2/c1-36(2,3)49(43,37(4,5)6)46-23-30-33(42)31(22-45-30)47-35-40-34-29(41(35)24-44-19-20-48(7,8)9)21-28(38)32(39-34)27-17-15-26(16-18-27)25-13-11-10-12-14-25/h10-18,21,30-31,43H,19-20,22-24H2,1-9H3/t30-,31-/m1/s1. The van der Waals surface area contributed by atoms with Crippen molar-refractivity contribution in [2.24, 2.45) is 0 Å². The van der Waals surface area contributed by atoms with Gasteiger partial charge in [-0.05, 0) is 23.2 Å². The number of hydrogen-bond donors (Lipinski definition) is 1. The Hall–Kier alpha value is -2.91. The molecule has 1 N–H and O–H groups in total. The first-order valence-electron chi connectivity index (χ1n) is 16.9. The fraction of sp³-hybridized carbons (Fsp3) is 0.486. The normalized spacial score (nSPS) is 17.7. The summed E-state index contributed by atoms with van der Waals surface area (Å²) in [5.74, 6) is -0.261. The van der Waals surface area contributed by atoms with Crippen LogP contribution in [-0.2, 0) is 25.4 Å². The van der Waals surface area contributed by atoms with Gasteiger partial charge >= 0.3 is 14.6 Å². The molecule has 2 aromatic heterocycles. The average Bonchev–Trinajstić information content (AvgIpc) is 3.54. The van der Waals surface area contributed by atoms with E-state index in [1.807, 2.05) is 90.1 Å². The lowest BCUT2D eigenvalue weighted by atomic mass is 10.0. The zero-order chi connectivity index (χ0) is 35.8. The number of carbonyl (C=O) groups is 1. The summed E-state index contributed by atoms with van der Waals surface area (Å²) in [6, 6.07) is 21.3. The highest BCUT2D eigenvalue weighted by Gasteiger charge is 2.56. The molecule has 12 heteroatoms. The van der Waals surface area contributed by atoms with Crippen LogP contribution in [0, 0.1) is 0 Å². The van der Waals surface area contributed by atoms with Gasteiger partial charge < -0.3 is 23.4 Å². The van der Waals surface area contributed by atoms with Gasteiger partial charge in [0.25, 0.3) is 0 Å². The number of carbonyl (C=O) groups excluding carboxylic acids is 1. The van der Waals surface area contributed by atoms with Crippen molar-refractivity contribution in [3.8, 4) is 28.4 Å². The number of fused-ring (bicyclic) bond motifs is 1. The number of pyridine rings is 1. The highest BCUT2D eigenvalue weighted by atomic mass is 35.5. The summed E-state index contributed by atoms with van der Waals surface area (Å²) in [7, 11) is -4.61. The Morgan fingerprint density at radius 3 is 2.16 bits per heavy atom. The van der Waals surface area contributed by atoms with Gasteiger partial charge in [-0.3, -0.25) is 9.36 Å². The number of aromatic nitrogens is 3. The summed E-state index contributed by atoms with van der Waals surface area (Å²) in [4.78, 5) is 34.8. The van der Waals surface area contributed by atoms with Crippen molar-refractivity contribution < 1.29 is 28.2 Å². The van der Waals surface area contributed by atoms with Crippen molar-refractivity contribution >= 4 is 45.2 Å². The first kappa shape index (κ1) is 37.4. The maximum atomic E-state index is 13.5. The van der Waals surface area contributed by atoms with Crippen molar-refractivity contribution in [3.63, 3.8) is 0 Å². The minimum Gasteiger partial charge on any atom is -0.451 e. The maximum absolute atomic E-state index is 13.5. The zero-order valence-corrected chi connectivity index (χ0v) is 32.9. The predicted octanol–water partition coefficient (Wildman–Crippen LogP) is 8.50. The molecule has 3 heterocycles. The predicted molar refractivity (Wildman–Crippen MR) is 200 cm³/mol. The molecule has 49 heavy (non-hydrogen) atoms. The highest BCUT2D eigenvalue weighted by Crippen LogP contribution is 2.49. The largest absolute Gasteiger partial charge is 0.451 e. The van der Waals surface area contributed by atoms with Gasteiger partial charge in [0.05, 0.1) is 29.4 Å². The zero-order valence-electron chi connectivity index (χ0n) is 30.2. The molecule has 0 unspecified atom stereocenters. The van der Waals surface area contributed by atoms with Gasteiger partial charge in [0, 0.05) is 30.3 Å². The molecule has 264 valence electrons. The number of halogens is 1. The quantitative estimate of drug-likeness (QED) is 0.115. The Kier molecular flexibility index (Phi) is 11.0. The highest BCUT2D eigenvalue weighted by molar-refractivity contribution is 6.76. The molecule has 0 aliphatic carbocycles. The molecular formula is C37H50ClN3O6Si2. The molecule has 2 aromatic carbocycles. The lowest BCUT2D eigenvalue weighted by Gasteiger charge is -2.45. The molecule has 4 aromatic rings. The van der Waals surface area contributed by atoms with Crippen LogP contribution < -0.4 is 4.74 Å². The van der Waals surface area contributed by atoms with Crippen LogP contribution in [0.25, 0.3) is 33.5 Å². The minimum atomic E-state index is -3.29. The van der Waals surface area contributed by atoms with Crippen molar-refractivity contribution in [2.75, 3.05) is 19.8 Å². The molecule has 1 aliphatic rings. The Balaban J connectivity index is 1.40. The third-order valence-electron chi connectivity index (χ3n) is 8.95. The topological polar surface area (TPSA) is 105 Å². The molecule has 5 rings (SSSR count). The van der Waals surface area contributed by atoms with E-state index in [0.717, 1.165) is 22.7 Å². The third kappa shape index (κ3) is 8.36. The van der Waals surface area contributed by atoms with Crippen LogP contribution in [0.2, 0.25) is 40.8 Å². The molecule has 0 amide bonds. The molecule has 0 bridgehead atoms. The number of nitrogens with zero attached hydrogens (tertiary/aromatic N) is 3. The number of ketones is 1. The van der Waals surface area contributed by atoms with E-state index in [-0.39, 0.29) is 31.7 Å². The first-order chi connectivity index (χ1) is 22.9. The summed E-state index contributed by atoms with van der Waals surface area (Å²) < 4.78 is 26.2. The Bertz CT molecular complexity index is 1750. The molecule has 0 radical (unpaired) electrons. The van der Waals surface area contributed by atoms with Crippen molar-refractivity contribution in [1.82, 2.24) is 14.5 Å². The third-order valence-corrected chi connectivity index (χ3v) is 15.6. The second-order valence-corrected chi connectivity index (χ2v) is 26.7. The molecule has 1 saturated heterocycles. The van der Waals surface area contributed by atoms with E-state index in [0.29, 0.717) is 28.5 Å². The van der Waals surface area contributed by atoms with Gasteiger partial charge in [-0.15, -0.1) is 0 Å². The second kappa shape index (κ2) is 14.4.